The number of hydrogen-bond donors (Lipinski definition) is 2. The third kappa shape index (κ3) is 6.88. The molecule has 3 aromatic carbocycles. The van der Waals surface area contributed by atoms with Crippen LogP contribution in [0.4, 0.5) is 0 Å². The lowest BCUT2D eigenvalue weighted by molar-refractivity contribution is -0.119. The number of carbonyl (C=O) groups is 3. The van der Waals surface area contributed by atoms with Crippen molar-refractivity contribution >= 4 is 46.6 Å². The highest BCUT2D eigenvalue weighted by atomic mass is 35.5. The summed E-state index contributed by atoms with van der Waals surface area (Å²) in [7, 11) is 1.58. The normalized spacial score (nSPS) is 15.2. The van der Waals surface area contributed by atoms with E-state index in [1.165, 1.54) is 14.0 Å². The van der Waals surface area contributed by atoms with Gasteiger partial charge in [-0.15, -0.1) is 5.10 Å². The second-order valence-electron chi connectivity index (χ2n) is 13.4. The number of benzene rings is 3. The second kappa shape index (κ2) is 15.1. The molecule has 1 fully saturated rings. The predicted molar refractivity (Wildman–Crippen MR) is 209 cm³/mol. The number of halogens is 2. The Morgan fingerprint density at radius 3 is 2.16 bits per heavy atom. The summed E-state index contributed by atoms with van der Waals surface area (Å²) < 4.78 is 8.44. The van der Waals surface area contributed by atoms with Crippen LogP contribution in [-0.4, -0.2) is 68.0 Å². The Morgan fingerprint density at radius 1 is 0.800 bits per heavy atom. The van der Waals surface area contributed by atoms with Crippen molar-refractivity contribution in [3.05, 3.63) is 128 Å². The first-order chi connectivity index (χ1) is 26.7. The predicted octanol–water partition coefficient (Wildman–Crippen LogP) is 6.26. The zero-order chi connectivity index (χ0) is 38.2. The molecule has 0 spiro atoms. The van der Waals surface area contributed by atoms with E-state index in [-0.39, 0.29) is 42.5 Å². The fourth-order valence-electron chi connectivity index (χ4n) is 7.19. The zero-order valence-electron chi connectivity index (χ0n) is 29.7. The van der Waals surface area contributed by atoms with Crippen molar-refractivity contribution in [3.63, 3.8) is 0 Å². The Bertz CT molecular complexity index is 2530. The van der Waals surface area contributed by atoms with Crippen LogP contribution >= 0.6 is 23.2 Å². The van der Waals surface area contributed by atoms with Crippen molar-refractivity contribution in [1.29, 1.82) is 0 Å². The molecule has 2 N–H and O–H groups in total. The number of fused-ring (bicyclic) bond motifs is 2. The van der Waals surface area contributed by atoms with E-state index in [0.29, 0.717) is 92.1 Å². The number of carbonyl (C=O) groups excluding carboxylic acids is 3. The van der Waals surface area contributed by atoms with Crippen molar-refractivity contribution in [3.8, 4) is 39.4 Å². The molecule has 3 amide bonds. The standard InChI is InChI=1S/C41H35Cl2N7O5/c1-55-38-24(21-44-22-26-15-18-35(51)45-26)13-16-33(46-38)32-12-5-11-29(37(32)43)28-10-4-9-27(36(28)42)25-14-17-34-47-50(41(54)49(34)23-25)20-6-19-48-39(52)30-7-2-3-8-31(30)40(48)53/h2-5,7-14,16-17,23,26,44H,6,15,18-22H2,1H3,(H,45,51)/t26-/m1/s1. The fraction of sp³-hybridized carbons (Fsp3) is 0.220. The largest absolute Gasteiger partial charge is 0.481 e. The average molecular weight is 777 g/mol. The van der Waals surface area contributed by atoms with E-state index in [0.717, 1.165) is 12.0 Å². The van der Waals surface area contributed by atoms with Gasteiger partial charge in [0.25, 0.3) is 11.8 Å². The summed E-state index contributed by atoms with van der Waals surface area (Å²) in [6.45, 7) is 1.56. The highest BCUT2D eigenvalue weighted by Crippen LogP contribution is 2.42. The molecular weight excluding hydrogens is 741 g/mol. The molecule has 14 heteroatoms. The van der Waals surface area contributed by atoms with Crippen LogP contribution in [0.1, 0.15) is 45.5 Å². The maximum absolute atomic E-state index is 13.5. The summed E-state index contributed by atoms with van der Waals surface area (Å²) in [5.41, 5.74) is 5.90. The van der Waals surface area contributed by atoms with E-state index in [4.69, 9.17) is 32.9 Å². The minimum atomic E-state index is -0.353. The van der Waals surface area contributed by atoms with Gasteiger partial charge in [0.1, 0.15) is 0 Å². The van der Waals surface area contributed by atoms with Crippen LogP contribution in [-0.2, 0) is 17.9 Å². The number of nitrogens with zero attached hydrogens (tertiary/aromatic N) is 5. The Morgan fingerprint density at radius 2 is 1.47 bits per heavy atom. The van der Waals surface area contributed by atoms with Crippen molar-refractivity contribution in [2.75, 3.05) is 20.2 Å². The Hall–Kier alpha value is -5.82. The number of pyridine rings is 2. The molecule has 55 heavy (non-hydrogen) atoms. The molecule has 0 unspecified atom stereocenters. The summed E-state index contributed by atoms with van der Waals surface area (Å²) in [5, 5.41) is 11.7. The highest BCUT2D eigenvalue weighted by molar-refractivity contribution is 6.39. The molecule has 12 nitrogen and oxygen atoms in total. The van der Waals surface area contributed by atoms with Crippen molar-refractivity contribution in [1.82, 2.24) is 34.7 Å². The SMILES string of the molecule is COc1nc(-c2cccc(-c3cccc(-c4ccc5nn(CCCN6C(=O)c7ccccc7C6=O)c(=O)n5c4)c3Cl)c2Cl)ccc1CNC[C@H]1CCC(=O)N1. The van der Waals surface area contributed by atoms with Crippen molar-refractivity contribution < 1.29 is 19.1 Å². The molecule has 278 valence electrons. The molecular formula is C41H35Cl2N7O5. The van der Waals surface area contributed by atoms with Gasteiger partial charge in [0.15, 0.2) is 5.65 Å². The molecule has 3 aromatic heterocycles. The van der Waals surface area contributed by atoms with Crippen LogP contribution in [0.5, 0.6) is 5.88 Å². The van der Waals surface area contributed by atoms with Gasteiger partial charge >= 0.3 is 5.69 Å². The number of rotatable bonds is 12. The van der Waals surface area contributed by atoms with Gasteiger partial charge in [-0.1, -0.05) is 77.8 Å². The molecule has 2 aliphatic heterocycles. The number of methoxy groups -OCH3 is 1. The van der Waals surface area contributed by atoms with Crippen LogP contribution < -0.4 is 21.1 Å². The van der Waals surface area contributed by atoms with Gasteiger partial charge in [-0.25, -0.2) is 18.9 Å². The number of amides is 3. The average Bonchev–Trinajstić information content (AvgIpc) is 3.84. The van der Waals surface area contributed by atoms with Gasteiger partial charge < -0.3 is 15.4 Å². The minimum Gasteiger partial charge on any atom is -0.481 e. The summed E-state index contributed by atoms with van der Waals surface area (Å²) in [5.74, 6) is -0.107. The fourth-order valence-corrected chi connectivity index (χ4v) is 7.85. The van der Waals surface area contributed by atoms with Crippen molar-refractivity contribution in [2.24, 2.45) is 0 Å². The molecule has 1 saturated heterocycles. The summed E-state index contributed by atoms with van der Waals surface area (Å²) in [6.07, 6.45) is 3.43. The lowest BCUT2D eigenvalue weighted by Gasteiger charge is -2.15. The Labute approximate surface area is 325 Å². The maximum Gasteiger partial charge on any atom is 0.350 e. The van der Waals surface area contributed by atoms with Gasteiger partial charge in [-0.05, 0) is 43.2 Å². The quantitative estimate of drug-likeness (QED) is 0.139. The van der Waals surface area contributed by atoms with Gasteiger partial charge in [0.2, 0.25) is 11.8 Å². The first-order valence-corrected chi connectivity index (χ1v) is 18.6. The van der Waals surface area contributed by atoms with Gasteiger partial charge in [-0.2, -0.15) is 0 Å². The smallest absolute Gasteiger partial charge is 0.350 e. The highest BCUT2D eigenvalue weighted by Gasteiger charge is 2.34. The van der Waals surface area contributed by atoms with Gasteiger partial charge in [0.05, 0.1) is 34.0 Å². The third-order valence-corrected chi connectivity index (χ3v) is 10.8. The van der Waals surface area contributed by atoms with Crippen LogP contribution in [0, 0.1) is 0 Å². The lowest BCUT2D eigenvalue weighted by Crippen LogP contribution is -2.35. The molecule has 2 aliphatic rings. The first kappa shape index (κ1) is 36.2. The van der Waals surface area contributed by atoms with Crippen LogP contribution in [0.15, 0.2) is 95.9 Å². The Kier molecular flexibility index (Phi) is 9.95. The van der Waals surface area contributed by atoms with E-state index in [1.54, 1.807) is 43.6 Å². The maximum atomic E-state index is 13.5. The third-order valence-electron chi connectivity index (χ3n) is 10.0. The summed E-state index contributed by atoms with van der Waals surface area (Å²) in [6, 6.07) is 25.7. The van der Waals surface area contributed by atoms with E-state index in [9.17, 15) is 19.2 Å². The molecule has 0 bridgehead atoms. The van der Waals surface area contributed by atoms with E-state index in [1.807, 2.05) is 54.6 Å². The molecule has 5 heterocycles. The van der Waals surface area contributed by atoms with Gasteiger partial charge in [-0.3, -0.25) is 19.3 Å². The molecule has 0 aliphatic carbocycles. The molecule has 0 radical (unpaired) electrons. The topological polar surface area (TPSA) is 140 Å². The zero-order valence-corrected chi connectivity index (χ0v) is 31.2. The number of aromatic nitrogens is 4. The Balaban J connectivity index is 1.00. The monoisotopic (exact) mass is 775 g/mol. The first-order valence-electron chi connectivity index (χ1n) is 17.9. The van der Waals surface area contributed by atoms with Crippen LogP contribution in [0.3, 0.4) is 0 Å². The second-order valence-corrected chi connectivity index (χ2v) is 14.2. The molecule has 0 saturated carbocycles. The van der Waals surface area contributed by atoms with Crippen LogP contribution in [0.2, 0.25) is 10.0 Å². The minimum absolute atomic E-state index is 0.0826. The van der Waals surface area contributed by atoms with Gasteiger partial charge in [0, 0.05) is 78.2 Å². The number of imide groups is 1. The van der Waals surface area contributed by atoms with E-state index < -0.39 is 0 Å². The molecule has 1 atom stereocenters. The number of aryl methyl sites for hydroxylation is 1. The number of nitrogens with one attached hydrogen (secondary N) is 2. The van der Waals surface area contributed by atoms with E-state index in [2.05, 4.69) is 15.7 Å². The lowest BCUT2D eigenvalue weighted by atomic mass is 9.97. The van der Waals surface area contributed by atoms with E-state index >= 15 is 0 Å². The molecule has 6 aromatic rings. The summed E-state index contributed by atoms with van der Waals surface area (Å²) in [4.78, 5) is 56.5. The van der Waals surface area contributed by atoms with Crippen LogP contribution in [0.25, 0.3) is 39.2 Å². The summed E-state index contributed by atoms with van der Waals surface area (Å²) >= 11 is 14.2. The number of hydrogen-bond acceptors (Lipinski definition) is 8. The molecule has 8 rings (SSSR count). The van der Waals surface area contributed by atoms with Crippen molar-refractivity contribution in [2.45, 2.75) is 38.4 Å². The number of ether oxygens (including phenoxy) is 1.